The number of nitrogens with one attached hydrogen (secondary N) is 1. The monoisotopic (exact) mass is 270 g/mol. The summed E-state index contributed by atoms with van der Waals surface area (Å²) < 4.78 is 18.4. The Bertz CT molecular complexity index is 708. The fourth-order valence-electron chi connectivity index (χ4n) is 2.07. The van der Waals surface area contributed by atoms with E-state index in [1.165, 1.54) is 23.3 Å². The van der Waals surface area contributed by atoms with E-state index in [-0.39, 0.29) is 5.82 Å². The zero-order valence-electron chi connectivity index (χ0n) is 11.4. The minimum Gasteiger partial charge on any atom is -0.486 e. The molecule has 2 aromatic carbocycles. The molecular weight excluding hydrogens is 255 g/mol. The van der Waals surface area contributed by atoms with Gasteiger partial charge in [0.25, 0.3) is 0 Å². The van der Waals surface area contributed by atoms with Gasteiger partial charge >= 0.3 is 0 Å². The number of hydrogen-bond acceptors (Lipinski definition) is 2. The van der Waals surface area contributed by atoms with Crippen molar-refractivity contribution in [2.24, 2.45) is 0 Å². The van der Waals surface area contributed by atoms with Crippen molar-refractivity contribution < 1.29 is 9.13 Å². The number of H-pyrrole nitrogens is 1. The van der Waals surface area contributed by atoms with Crippen LogP contribution in [-0.4, -0.2) is 9.97 Å². The van der Waals surface area contributed by atoms with Gasteiger partial charge in [-0.3, -0.25) is 0 Å². The van der Waals surface area contributed by atoms with Gasteiger partial charge in [-0.25, -0.2) is 9.37 Å². The van der Waals surface area contributed by atoms with Gasteiger partial charge in [0.1, 0.15) is 24.0 Å². The van der Waals surface area contributed by atoms with Crippen molar-refractivity contribution in [3.05, 3.63) is 59.2 Å². The second kappa shape index (κ2) is 4.96. The van der Waals surface area contributed by atoms with E-state index in [9.17, 15) is 4.39 Å². The van der Waals surface area contributed by atoms with Gasteiger partial charge < -0.3 is 9.72 Å². The molecule has 0 bridgehead atoms. The summed E-state index contributed by atoms with van der Waals surface area (Å²) in [4.78, 5) is 7.73. The topological polar surface area (TPSA) is 37.9 Å². The number of aromatic nitrogens is 2. The Hall–Kier alpha value is -2.36. The number of fused-ring (bicyclic) bond motifs is 1. The quantitative estimate of drug-likeness (QED) is 0.783. The number of halogens is 1. The molecule has 3 rings (SSSR count). The fraction of sp³-hybridized carbons (Fsp3) is 0.188. The van der Waals surface area contributed by atoms with Gasteiger partial charge in [-0.1, -0.05) is 0 Å². The first-order valence-electron chi connectivity index (χ1n) is 6.46. The van der Waals surface area contributed by atoms with Crippen LogP contribution in [0.15, 0.2) is 36.4 Å². The third-order valence-corrected chi connectivity index (χ3v) is 3.34. The van der Waals surface area contributed by atoms with E-state index in [1.807, 2.05) is 0 Å². The second-order valence-corrected chi connectivity index (χ2v) is 4.88. The van der Waals surface area contributed by atoms with Crippen molar-refractivity contribution in [3.63, 3.8) is 0 Å². The maximum atomic E-state index is 12.8. The number of imidazole rings is 1. The van der Waals surface area contributed by atoms with Crippen LogP contribution in [0, 0.1) is 19.7 Å². The fourth-order valence-corrected chi connectivity index (χ4v) is 2.07. The number of aromatic amines is 1. The van der Waals surface area contributed by atoms with E-state index in [4.69, 9.17) is 4.74 Å². The average molecular weight is 270 g/mol. The van der Waals surface area contributed by atoms with Gasteiger partial charge in [0.05, 0.1) is 11.0 Å². The molecule has 1 N–H and O–H groups in total. The minimum absolute atomic E-state index is 0.271. The van der Waals surface area contributed by atoms with Crippen molar-refractivity contribution in [1.29, 1.82) is 0 Å². The molecule has 20 heavy (non-hydrogen) atoms. The maximum Gasteiger partial charge on any atom is 0.146 e. The van der Waals surface area contributed by atoms with Crippen molar-refractivity contribution >= 4 is 11.0 Å². The average Bonchev–Trinajstić information content (AvgIpc) is 2.80. The molecule has 1 aromatic heterocycles. The Labute approximate surface area is 116 Å². The molecule has 0 aliphatic rings. The molecule has 0 spiro atoms. The number of ether oxygens (including phenoxy) is 1. The summed E-state index contributed by atoms with van der Waals surface area (Å²) in [5.74, 6) is 1.11. The largest absolute Gasteiger partial charge is 0.486 e. The highest BCUT2D eigenvalue weighted by atomic mass is 19.1. The molecule has 0 fully saturated rings. The van der Waals surface area contributed by atoms with Crippen molar-refractivity contribution in [3.8, 4) is 5.75 Å². The Kier molecular flexibility index (Phi) is 3.14. The minimum atomic E-state index is -0.271. The Morgan fingerprint density at radius 3 is 2.55 bits per heavy atom. The standard InChI is InChI=1S/C16H15FN2O/c1-10-7-14-15(8-11(10)2)19-16(18-14)9-20-13-5-3-12(17)4-6-13/h3-8H,9H2,1-2H3,(H,18,19). The third kappa shape index (κ3) is 2.50. The van der Waals surface area contributed by atoms with Gasteiger partial charge in [-0.05, 0) is 61.4 Å². The molecule has 1 heterocycles. The van der Waals surface area contributed by atoms with E-state index >= 15 is 0 Å². The van der Waals surface area contributed by atoms with E-state index in [1.54, 1.807) is 12.1 Å². The lowest BCUT2D eigenvalue weighted by molar-refractivity contribution is 0.297. The number of hydrogen-bond donors (Lipinski definition) is 1. The van der Waals surface area contributed by atoms with Crippen LogP contribution in [0.3, 0.4) is 0 Å². The van der Waals surface area contributed by atoms with Crippen LogP contribution < -0.4 is 4.74 Å². The number of benzene rings is 2. The molecular formula is C16H15FN2O. The summed E-state index contributed by atoms with van der Waals surface area (Å²) >= 11 is 0. The Morgan fingerprint density at radius 1 is 1.10 bits per heavy atom. The van der Waals surface area contributed by atoms with E-state index in [2.05, 4.69) is 35.9 Å². The maximum absolute atomic E-state index is 12.8. The summed E-state index contributed by atoms with van der Waals surface area (Å²) in [6, 6.07) is 10.1. The van der Waals surface area contributed by atoms with Crippen molar-refractivity contribution in [2.45, 2.75) is 20.5 Å². The lowest BCUT2D eigenvalue weighted by Crippen LogP contribution is -1.97. The first kappa shape index (κ1) is 12.7. The van der Waals surface area contributed by atoms with E-state index in [0.717, 1.165) is 16.9 Å². The van der Waals surface area contributed by atoms with Gasteiger partial charge in [0.15, 0.2) is 0 Å². The molecule has 0 aliphatic heterocycles. The number of nitrogens with zero attached hydrogens (tertiary/aromatic N) is 1. The highest BCUT2D eigenvalue weighted by Crippen LogP contribution is 2.18. The predicted octanol–water partition coefficient (Wildman–Crippen LogP) is 3.90. The normalized spacial score (nSPS) is 10.9. The molecule has 3 nitrogen and oxygen atoms in total. The molecule has 0 saturated carbocycles. The van der Waals surface area contributed by atoms with E-state index < -0.39 is 0 Å². The summed E-state index contributed by atoms with van der Waals surface area (Å²) in [6.45, 7) is 4.47. The molecule has 0 unspecified atom stereocenters. The first-order valence-corrected chi connectivity index (χ1v) is 6.46. The zero-order chi connectivity index (χ0) is 14.1. The Balaban J connectivity index is 1.79. The van der Waals surface area contributed by atoms with Crippen LogP contribution in [0.25, 0.3) is 11.0 Å². The van der Waals surface area contributed by atoms with Crippen LogP contribution in [0.1, 0.15) is 17.0 Å². The first-order chi connectivity index (χ1) is 9.61. The third-order valence-electron chi connectivity index (χ3n) is 3.34. The van der Waals surface area contributed by atoms with Crippen LogP contribution in [0.2, 0.25) is 0 Å². The number of aryl methyl sites for hydroxylation is 2. The highest BCUT2D eigenvalue weighted by Gasteiger charge is 2.05. The summed E-state index contributed by atoms with van der Waals surface area (Å²) in [5.41, 5.74) is 4.39. The Morgan fingerprint density at radius 2 is 1.80 bits per heavy atom. The van der Waals surface area contributed by atoms with Gasteiger partial charge in [-0.2, -0.15) is 0 Å². The van der Waals surface area contributed by atoms with E-state index in [0.29, 0.717) is 12.4 Å². The zero-order valence-corrected chi connectivity index (χ0v) is 11.4. The van der Waals surface area contributed by atoms with Crippen molar-refractivity contribution in [2.75, 3.05) is 0 Å². The summed E-state index contributed by atoms with van der Waals surface area (Å²) in [5, 5.41) is 0. The van der Waals surface area contributed by atoms with Gasteiger partial charge in [0.2, 0.25) is 0 Å². The lowest BCUT2D eigenvalue weighted by atomic mass is 10.1. The molecule has 3 aromatic rings. The van der Waals surface area contributed by atoms with Gasteiger partial charge in [0, 0.05) is 0 Å². The van der Waals surface area contributed by atoms with Crippen molar-refractivity contribution in [1.82, 2.24) is 9.97 Å². The summed E-state index contributed by atoms with van der Waals surface area (Å²) in [7, 11) is 0. The number of rotatable bonds is 3. The molecule has 0 aliphatic carbocycles. The highest BCUT2D eigenvalue weighted by molar-refractivity contribution is 5.77. The molecule has 0 radical (unpaired) electrons. The molecule has 4 heteroatoms. The van der Waals surface area contributed by atoms with Crippen LogP contribution in [0.4, 0.5) is 4.39 Å². The molecule has 0 saturated heterocycles. The van der Waals surface area contributed by atoms with Crippen LogP contribution in [0.5, 0.6) is 5.75 Å². The molecule has 0 amide bonds. The predicted molar refractivity (Wildman–Crippen MR) is 76.3 cm³/mol. The van der Waals surface area contributed by atoms with Crippen LogP contribution in [-0.2, 0) is 6.61 Å². The van der Waals surface area contributed by atoms with Crippen LogP contribution >= 0.6 is 0 Å². The SMILES string of the molecule is Cc1cc2nc(COc3ccc(F)cc3)[nH]c2cc1C. The smallest absolute Gasteiger partial charge is 0.146 e. The summed E-state index contributed by atoms with van der Waals surface area (Å²) in [6.07, 6.45) is 0. The lowest BCUT2D eigenvalue weighted by Gasteiger charge is -2.03. The molecule has 102 valence electrons. The molecule has 0 atom stereocenters. The van der Waals surface area contributed by atoms with Gasteiger partial charge in [-0.15, -0.1) is 0 Å². The second-order valence-electron chi connectivity index (χ2n) is 4.88.